The number of non-ortho nitro benzene ring substituents is 1. The van der Waals surface area contributed by atoms with E-state index in [-0.39, 0.29) is 11.4 Å². The van der Waals surface area contributed by atoms with Gasteiger partial charge in [-0.3, -0.25) is 15.5 Å². The molecule has 0 saturated carbocycles. The molecule has 0 saturated heterocycles. The van der Waals surface area contributed by atoms with Gasteiger partial charge in [-0.15, -0.1) is 0 Å². The van der Waals surface area contributed by atoms with Gasteiger partial charge in [0.15, 0.2) is 5.69 Å². The number of benzene rings is 1. The second-order valence-corrected chi connectivity index (χ2v) is 5.06. The van der Waals surface area contributed by atoms with Crippen molar-refractivity contribution in [1.82, 2.24) is 10.3 Å². The molecule has 0 atom stereocenters. The lowest BCUT2D eigenvalue weighted by molar-refractivity contribution is -0.384. The second kappa shape index (κ2) is 6.86. The van der Waals surface area contributed by atoms with Gasteiger partial charge in [-0.1, -0.05) is 16.4 Å². The van der Waals surface area contributed by atoms with Gasteiger partial charge in [0, 0.05) is 31.9 Å². The van der Waals surface area contributed by atoms with E-state index >= 15 is 0 Å². The van der Waals surface area contributed by atoms with Gasteiger partial charge < -0.3 is 4.84 Å². The molecule has 0 aliphatic heterocycles. The number of nitro groups is 1. The van der Waals surface area contributed by atoms with Crippen molar-refractivity contribution in [2.45, 2.75) is 19.8 Å². The summed E-state index contributed by atoms with van der Waals surface area (Å²) in [6, 6.07) is 5.84. The van der Waals surface area contributed by atoms with E-state index in [0.717, 1.165) is 0 Å². The lowest BCUT2D eigenvalue weighted by atomic mass is 9.97. The first-order valence-electron chi connectivity index (χ1n) is 7.19. The molecule has 3 rings (SSSR count). The highest BCUT2D eigenvalue weighted by atomic mass is 16.7. The number of oxime groups is 1. The van der Waals surface area contributed by atoms with E-state index in [1.54, 1.807) is 6.07 Å². The lowest BCUT2D eigenvalue weighted by Crippen LogP contribution is -2.25. The molecule has 0 unspecified atom stereocenters. The standard InChI is InChI=1S/C14H12N6O5/c1-8(21)24-17-11-5-6-12-14(19-25-18-12)13(11)16-15-9-3-2-4-10(7-9)20(22)23/h2-4,7,15H,5-6H2,1H3/b16-13-,17-11+. The Balaban J connectivity index is 1.92. The van der Waals surface area contributed by atoms with E-state index in [1.807, 2.05) is 0 Å². The maximum absolute atomic E-state index is 11.0. The van der Waals surface area contributed by atoms with E-state index in [9.17, 15) is 14.9 Å². The molecule has 11 heteroatoms. The Labute approximate surface area is 140 Å². The molecular weight excluding hydrogens is 332 g/mol. The van der Waals surface area contributed by atoms with Gasteiger partial charge >= 0.3 is 5.97 Å². The van der Waals surface area contributed by atoms with E-state index < -0.39 is 10.9 Å². The summed E-state index contributed by atoms with van der Waals surface area (Å²) in [7, 11) is 0. The first-order chi connectivity index (χ1) is 12.0. The minimum atomic E-state index is -0.567. The number of rotatable bonds is 4. The fourth-order valence-electron chi connectivity index (χ4n) is 2.18. The van der Waals surface area contributed by atoms with Crippen molar-refractivity contribution >= 4 is 28.8 Å². The molecule has 1 heterocycles. The van der Waals surface area contributed by atoms with Crippen molar-refractivity contribution < 1.29 is 19.2 Å². The fraction of sp³-hybridized carbons (Fsp3) is 0.214. The SMILES string of the molecule is CC(=O)O/N=C1\CCc2nonc2\C1=N/Nc1cccc([N+](=O)[O-])c1. The summed E-state index contributed by atoms with van der Waals surface area (Å²) < 4.78 is 4.71. The third kappa shape index (κ3) is 3.65. The van der Waals surface area contributed by atoms with E-state index in [2.05, 4.69) is 30.8 Å². The molecule has 25 heavy (non-hydrogen) atoms. The molecule has 2 aromatic rings. The number of hydrogen-bond donors (Lipinski definition) is 1. The maximum atomic E-state index is 11.0. The molecule has 128 valence electrons. The van der Waals surface area contributed by atoms with Gasteiger partial charge in [0.25, 0.3) is 5.69 Å². The smallest absolute Gasteiger partial charge is 0.318 e. The molecule has 1 N–H and O–H groups in total. The topological polar surface area (TPSA) is 145 Å². The molecular formula is C14H12N6O5. The zero-order valence-corrected chi connectivity index (χ0v) is 13.0. The molecule has 1 aromatic heterocycles. The highest BCUT2D eigenvalue weighted by molar-refractivity contribution is 6.48. The van der Waals surface area contributed by atoms with E-state index in [4.69, 9.17) is 4.63 Å². The zero-order valence-electron chi connectivity index (χ0n) is 13.0. The predicted octanol–water partition coefficient (Wildman–Crippen LogP) is 1.66. The summed E-state index contributed by atoms with van der Waals surface area (Å²) in [6.45, 7) is 1.23. The number of carbonyl (C=O) groups excluding carboxylic acids is 1. The maximum Gasteiger partial charge on any atom is 0.331 e. The average Bonchev–Trinajstić information content (AvgIpc) is 3.07. The van der Waals surface area contributed by atoms with Gasteiger partial charge in [-0.25, -0.2) is 9.42 Å². The summed E-state index contributed by atoms with van der Waals surface area (Å²) >= 11 is 0. The Morgan fingerprint density at radius 1 is 1.40 bits per heavy atom. The number of hydrogen-bond acceptors (Lipinski definition) is 10. The Morgan fingerprint density at radius 3 is 3.00 bits per heavy atom. The summed E-state index contributed by atoms with van der Waals surface area (Å²) in [5, 5.41) is 26.4. The van der Waals surface area contributed by atoms with Gasteiger partial charge in [-0.2, -0.15) is 5.10 Å². The van der Waals surface area contributed by atoms with Crippen LogP contribution in [0.4, 0.5) is 11.4 Å². The van der Waals surface area contributed by atoms with Crippen LogP contribution in [0.5, 0.6) is 0 Å². The molecule has 0 bridgehead atoms. The molecule has 1 aromatic carbocycles. The highest BCUT2D eigenvalue weighted by Gasteiger charge is 2.28. The zero-order chi connectivity index (χ0) is 17.8. The average molecular weight is 344 g/mol. The number of aryl methyl sites for hydroxylation is 1. The number of nitrogens with zero attached hydrogens (tertiary/aromatic N) is 5. The van der Waals surface area contributed by atoms with Crippen molar-refractivity contribution in [2.75, 3.05) is 5.43 Å². The molecule has 0 amide bonds. The number of nitro benzene ring substituents is 1. The van der Waals surface area contributed by atoms with Crippen LogP contribution in [0.3, 0.4) is 0 Å². The van der Waals surface area contributed by atoms with Gasteiger partial charge in [0.05, 0.1) is 10.6 Å². The molecule has 0 fully saturated rings. The highest BCUT2D eigenvalue weighted by Crippen LogP contribution is 2.20. The number of anilines is 1. The van der Waals surface area contributed by atoms with Crippen LogP contribution in [0.25, 0.3) is 0 Å². The van der Waals surface area contributed by atoms with Crippen LogP contribution >= 0.6 is 0 Å². The summed E-state index contributed by atoms with van der Waals surface area (Å²) in [5.41, 5.74) is 4.68. The van der Waals surface area contributed by atoms with Gasteiger partial charge in [-0.05, 0) is 11.2 Å². The van der Waals surface area contributed by atoms with Crippen molar-refractivity contribution in [3.63, 3.8) is 0 Å². The largest absolute Gasteiger partial charge is 0.331 e. The predicted molar refractivity (Wildman–Crippen MR) is 85.1 cm³/mol. The Kier molecular flexibility index (Phi) is 4.46. The number of aromatic nitrogens is 2. The van der Waals surface area contributed by atoms with E-state index in [1.165, 1.54) is 25.1 Å². The van der Waals surface area contributed by atoms with Crippen molar-refractivity contribution in [2.24, 2.45) is 10.3 Å². The Morgan fingerprint density at radius 2 is 2.24 bits per heavy atom. The molecule has 1 aliphatic carbocycles. The van der Waals surface area contributed by atoms with Crippen molar-refractivity contribution in [1.29, 1.82) is 0 Å². The normalized spacial score (nSPS) is 16.5. The van der Waals surface area contributed by atoms with Crippen LogP contribution in [0, 0.1) is 10.1 Å². The third-order valence-corrected chi connectivity index (χ3v) is 3.29. The number of nitrogens with one attached hydrogen (secondary N) is 1. The van der Waals surface area contributed by atoms with Crippen LogP contribution in [0.15, 0.2) is 39.2 Å². The van der Waals surface area contributed by atoms with Crippen molar-refractivity contribution in [3.8, 4) is 0 Å². The minimum absolute atomic E-state index is 0.0774. The number of carbonyl (C=O) groups is 1. The van der Waals surface area contributed by atoms with Crippen LogP contribution < -0.4 is 5.43 Å². The molecule has 0 spiro atoms. The van der Waals surface area contributed by atoms with Crippen LogP contribution in [-0.4, -0.2) is 32.6 Å². The lowest BCUT2D eigenvalue weighted by Gasteiger charge is -2.12. The van der Waals surface area contributed by atoms with E-state index in [0.29, 0.717) is 35.6 Å². The Bertz CT molecular complexity index is 887. The number of hydrazone groups is 1. The molecule has 11 nitrogen and oxygen atoms in total. The molecule has 1 aliphatic rings. The van der Waals surface area contributed by atoms with Crippen LogP contribution in [0.2, 0.25) is 0 Å². The van der Waals surface area contributed by atoms with Crippen LogP contribution in [0.1, 0.15) is 24.7 Å². The van der Waals surface area contributed by atoms with Crippen molar-refractivity contribution in [3.05, 3.63) is 45.8 Å². The Hall–Kier alpha value is -3.63. The van der Waals surface area contributed by atoms with Gasteiger partial charge in [0.1, 0.15) is 17.1 Å². The first-order valence-corrected chi connectivity index (χ1v) is 7.19. The number of fused-ring (bicyclic) bond motifs is 1. The fourth-order valence-corrected chi connectivity index (χ4v) is 2.18. The second-order valence-electron chi connectivity index (χ2n) is 5.06. The minimum Gasteiger partial charge on any atom is -0.318 e. The summed E-state index contributed by atoms with van der Waals surface area (Å²) in [5.74, 6) is -0.567. The third-order valence-electron chi connectivity index (χ3n) is 3.29. The first kappa shape index (κ1) is 16.2. The quantitative estimate of drug-likeness (QED) is 0.500. The summed E-state index contributed by atoms with van der Waals surface area (Å²) in [6.07, 6.45) is 0.929. The summed E-state index contributed by atoms with van der Waals surface area (Å²) in [4.78, 5) is 26.0. The molecule has 0 radical (unpaired) electrons. The monoisotopic (exact) mass is 344 g/mol. The van der Waals surface area contributed by atoms with Gasteiger partial charge in [0.2, 0.25) is 0 Å². The van der Waals surface area contributed by atoms with Crippen LogP contribution in [-0.2, 0) is 16.1 Å².